The van der Waals surface area contributed by atoms with Gasteiger partial charge in [0.05, 0.1) is 0 Å². The van der Waals surface area contributed by atoms with Crippen LogP contribution in [0.4, 0.5) is 17.6 Å². The van der Waals surface area contributed by atoms with Gasteiger partial charge in [-0.1, -0.05) is 19.3 Å². The van der Waals surface area contributed by atoms with Gasteiger partial charge in [0.15, 0.2) is 0 Å². The molecule has 7 heteroatoms. The average Bonchev–Trinajstić information content (AvgIpc) is 2.26. The normalized spacial score (nSPS) is 20.4. The van der Waals surface area contributed by atoms with Crippen molar-refractivity contribution in [3.05, 3.63) is 0 Å². The van der Waals surface area contributed by atoms with Crippen molar-refractivity contribution in [3.8, 4) is 0 Å². The molecule has 1 amide bonds. The predicted molar refractivity (Wildman–Crippen MR) is 54.0 cm³/mol. The molecule has 3 nitrogen and oxygen atoms in total. The monoisotopic (exact) mass is 256 g/mol. The van der Waals surface area contributed by atoms with Crippen LogP contribution in [0.25, 0.3) is 0 Å². The minimum atomic E-state index is -4.65. The fourth-order valence-corrected chi connectivity index (χ4v) is 1.91. The van der Waals surface area contributed by atoms with E-state index in [1.807, 2.05) is 5.32 Å². The lowest BCUT2D eigenvalue weighted by Gasteiger charge is -2.33. The minimum Gasteiger partial charge on any atom is -0.349 e. The van der Waals surface area contributed by atoms with E-state index in [0.29, 0.717) is 12.8 Å². The first-order valence-corrected chi connectivity index (χ1v) is 5.51. The van der Waals surface area contributed by atoms with E-state index in [2.05, 4.69) is 0 Å². The molecule has 1 saturated carbocycles. The number of hydrogen-bond acceptors (Lipinski definition) is 2. The second-order valence-corrected chi connectivity index (χ2v) is 4.53. The van der Waals surface area contributed by atoms with Gasteiger partial charge in [-0.3, -0.25) is 4.79 Å². The number of amides is 1. The summed E-state index contributed by atoms with van der Waals surface area (Å²) in [6.07, 6.45) is -0.0568. The lowest BCUT2D eigenvalue weighted by atomic mass is 9.82. The Labute approximate surface area is 96.7 Å². The summed E-state index contributed by atoms with van der Waals surface area (Å²) in [7, 11) is 0. The van der Waals surface area contributed by atoms with Gasteiger partial charge in [-0.15, -0.1) is 0 Å². The highest BCUT2D eigenvalue weighted by atomic mass is 19.3. The summed E-state index contributed by atoms with van der Waals surface area (Å²) >= 11 is 0. The van der Waals surface area contributed by atoms with Crippen LogP contribution in [-0.4, -0.2) is 30.3 Å². The molecule has 0 aromatic carbocycles. The molecule has 0 atom stereocenters. The van der Waals surface area contributed by atoms with Gasteiger partial charge in [-0.05, 0) is 12.8 Å². The van der Waals surface area contributed by atoms with Crippen LogP contribution < -0.4 is 11.1 Å². The van der Waals surface area contributed by atoms with Crippen LogP contribution in [0, 0.1) is 0 Å². The Bertz CT molecular complexity index is 277. The summed E-state index contributed by atoms with van der Waals surface area (Å²) in [4.78, 5) is 10.9. The number of halogens is 4. The number of alkyl halides is 4. The molecule has 0 saturated heterocycles. The van der Waals surface area contributed by atoms with Gasteiger partial charge in [0.1, 0.15) is 0 Å². The SMILES string of the molecule is NC1(CNC(=O)C(F)(F)C(F)F)CCCCC1. The molecule has 0 bridgehead atoms. The zero-order valence-electron chi connectivity index (χ0n) is 9.32. The predicted octanol–water partition coefficient (Wildman–Crippen LogP) is 1.66. The maximum absolute atomic E-state index is 12.6. The highest BCUT2D eigenvalue weighted by Gasteiger charge is 2.49. The zero-order chi connectivity index (χ0) is 13.1. The van der Waals surface area contributed by atoms with Crippen LogP contribution in [0.1, 0.15) is 32.1 Å². The summed E-state index contributed by atoms with van der Waals surface area (Å²) in [5, 5.41) is 1.82. The smallest absolute Gasteiger partial charge is 0.349 e. The molecule has 1 aliphatic rings. The molecule has 1 aliphatic carbocycles. The maximum atomic E-state index is 12.6. The molecule has 0 heterocycles. The van der Waals surface area contributed by atoms with E-state index in [1.54, 1.807) is 0 Å². The number of hydrogen-bond donors (Lipinski definition) is 2. The summed E-state index contributed by atoms with van der Waals surface area (Å²) in [6.45, 7) is -0.186. The Hall–Kier alpha value is -0.850. The Kier molecular flexibility index (Phi) is 4.35. The molecular formula is C10H16F4N2O. The summed E-state index contributed by atoms with van der Waals surface area (Å²) < 4.78 is 49.0. The molecule has 0 aromatic heterocycles. The standard InChI is InChI=1S/C10H16F4N2O/c11-7(12)10(13,14)8(17)16-6-9(15)4-2-1-3-5-9/h7H,1-6,15H2,(H,16,17). The molecule has 0 unspecified atom stereocenters. The van der Waals surface area contributed by atoms with Gasteiger partial charge in [-0.2, -0.15) is 8.78 Å². The second kappa shape index (κ2) is 5.20. The van der Waals surface area contributed by atoms with Crippen molar-refractivity contribution in [2.45, 2.75) is 50.0 Å². The molecule has 1 rings (SSSR count). The summed E-state index contributed by atoms with van der Waals surface area (Å²) in [5.74, 6) is -6.60. The zero-order valence-corrected chi connectivity index (χ0v) is 9.32. The van der Waals surface area contributed by atoms with Crippen LogP contribution >= 0.6 is 0 Å². The Morgan fingerprint density at radius 2 is 1.82 bits per heavy atom. The van der Waals surface area contributed by atoms with Gasteiger partial charge in [0.25, 0.3) is 5.91 Å². The third-order valence-electron chi connectivity index (χ3n) is 3.03. The van der Waals surface area contributed by atoms with Gasteiger partial charge in [-0.25, -0.2) is 8.78 Å². The number of nitrogens with two attached hydrogens (primary N) is 1. The number of nitrogens with one attached hydrogen (secondary N) is 1. The van der Waals surface area contributed by atoms with Crippen LogP contribution in [0.2, 0.25) is 0 Å². The lowest BCUT2D eigenvalue weighted by molar-refractivity contribution is -0.169. The van der Waals surface area contributed by atoms with Crippen molar-refractivity contribution >= 4 is 5.91 Å². The highest BCUT2D eigenvalue weighted by Crippen LogP contribution is 2.26. The van der Waals surface area contributed by atoms with E-state index in [9.17, 15) is 22.4 Å². The van der Waals surface area contributed by atoms with Gasteiger partial charge >= 0.3 is 12.3 Å². The number of carbonyl (C=O) groups excluding carboxylic acids is 1. The molecule has 1 fully saturated rings. The van der Waals surface area contributed by atoms with Gasteiger partial charge < -0.3 is 11.1 Å². The molecule has 0 aromatic rings. The van der Waals surface area contributed by atoms with E-state index >= 15 is 0 Å². The summed E-state index contributed by atoms with van der Waals surface area (Å²) in [5.41, 5.74) is 5.14. The second-order valence-electron chi connectivity index (χ2n) is 4.53. The fraction of sp³-hybridized carbons (Fsp3) is 0.900. The van der Waals surface area contributed by atoms with E-state index in [0.717, 1.165) is 19.3 Å². The molecule has 0 aliphatic heterocycles. The first-order chi connectivity index (χ1) is 7.78. The van der Waals surface area contributed by atoms with Crippen LogP contribution in [0.15, 0.2) is 0 Å². The molecule has 0 spiro atoms. The van der Waals surface area contributed by atoms with E-state index in [1.165, 1.54) is 0 Å². The van der Waals surface area contributed by atoms with Crippen LogP contribution in [0.3, 0.4) is 0 Å². The van der Waals surface area contributed by atoms with Crippen molar-refractivity contribution in [2.24, 2.45) is 5.73 Å². The van der Waals surface area contributed by atoms with Crippen molar-refractivity contribution in [1.82, 2.24) is 5.32 Å². The largest absolute Gasteiger partial charge is 0.383 e. The number of carbonyl (C=O) groups is 1. The molecule has 17 heavy (non-hydrogen) atoms. The minimum absolute atomic E-state index is 0.186. The van der Waals surface area contributed by atoms with Crippen molar-refractivity contribution < 1.29 is 22.4 Å². The topological polar surface area (TPSA) is 55.1 Å². The van der Waals surface area contributed by atoms with Crippen molar-refractivity contribution in [2.75, 3.05) is 6.54 Å². The Balaban J connectivity index is 2.47. The van der Waals surface area contributed by atoms with Crippen LogP contribution in [-0.2, 0) is 4.79 Å². The highest BCUT2D eigenvalue weighted by molar-refractivity contribution is 5.83. The maximum Gasteiger partial charge on any atom is 0.383 e. The lowest BCUT2D eigenvalue weighted by Crippen LogP contribution is -2.55. The van der Waals surface area contributed by atoms with Gasteiger partial charge in [0, 0.05) is 12.1 Å². The Morgan fingerprint density at radius 3 is 2.29 bits per heavy atom. The molecule has 100 valence electrons. The van der Waals surface area contributed by atoms with Crippen molar-refractivity contribution in [1.29, 1.82) is 0 Å². The van der Waals surface area contributed by atoms with Gasteiger partial charge in [0.2, 0.25) is 0 Å². The van der Waals surface area contributed by atoms with Crippen LogP contribution in [0.5, 0.6) is 0 Å². The summed E-state index contributed by atoms with van der Waals surface area (Å²) in [6, 6.07) is 0. The first-order valence-electron chi connectivity index (χ1n) is 5.51. The molecular weight excluding hydrogens is 240 g/mol. The average molecular weight is 256 g/mol. The third kappa shape index (κ3) is 3.55. The molecule has 3 N–H and O–H groups in total. The van der Waals surface area contributed by atoms with E-state index < -0.39 is 23.8 Å². The van der Waals surface area contributed by atoms with E-state index in [4.69, 9.17) is 5.73 Å². The van der Waals surface area contributed by atoms with Crippen molar-refractivity contribution in [3.63, 3.8) is 0 Å². The van der Waals surface area contributed by atoms with E-state index in [-0.39, 0.29) is 6.54 Å². The fourth-order valence-electron chi connectivity index (χ4n) is 1.91. The quantitative estimate of drug-likeness (QED) is 0.752. The first kappa shape index (κ1) is 14.2. The Morgan fingerprint density at radius 1 is 1.29 bits per heavy atom. The third-order valence-corrected chi connectivity index (χ3v) is 3.03. The molecule has 0 radical (unpaired) electrons. The number of rotatable bonds is 4.